The maximum absolute atomic E-state index is 13.5. The molecule has 5 heteroatoms. The van der Waals surface area contributed by atoms with Crippen LogP contribution in [0.15, 0.2) is 76.5 Å². The number of amides is 1. The van der Waals surface area contributed by atoms with E-state index in [0.717, 1.165) is 55.6 Å². The number of aliphatic imine (C=N–C) groups is 1. The number of nitrogens with zero attached hydrogens (tertiary/aromatic N) is 4. The van der Waals surface area contributed by atoms with Crippen molar-refractivity contribution in [3.8, 4) is 0 Å². The third kappa shape index (κ3) is 5.95. The number of hydrogen-bond donors (Lipinski definition) is 0. The molecule has 0 fully saturated rings. The average Bonchev–Trinajstić information content (AvgIpc) is 3.03. The van der Waals surface area contributed by atoms with Gasteiger partial charge in [0.25, 0.3) is 5.91 Å². The molecule has 3 aliphatic rings. The van der Waals surface area contributed by atoms with Gasteiger partial charge in [0.05, 0.1) is 18.8 Å². The fourth-order valence-electron chi connectivity index (χ4n) is 4.43. The number of carbonyl (C=O) groups excluding carboxylic acids is 1. The van der Waals surface area contributed by atoms with Gasteiger partial charge in [-0.25, -0.2) is 0 Å². The minimum atomic E-state index is 0.143. The second kappa shape index (κ2) is 11.1. The molecule has 5 nitrogen and oxygen atoms in total. The molecule has 0 aromatic carbocycles. The Hall–Kier alpha value is -2.66. The highest BCUT2D eigenvalue weighted by molar-refractivity contribution is 5.95. The summed E-state index contributed by atoms with van der Waals surface area (Å²) in [5.74, 6) is 0.143. The third-order valence-electron chi connectivity index (χ3n) is 6.14. The molecule has 0 aromatic rings. The quantitative estimate of drug-likeness (QED) is 0.416. The highest BCUT2D eigenvalue weighted by Crippen LogP contribution is 2.29. The van der Waals surface area contributed by atoms with E-state index in [0.29, 0.717) is 26.3 Å². The highest BCUT2D eigenvalue weighted by atomic mass is 16.2. The van der Waals surface area contributed by atoms with Gasteiger partial charge in [0.1, 0.15) is 0 Å². The van der Waals surface area contributed by atoms with Crippen LogP contribution in [0.4, 0.5) is 0 Å². The van der Waals surface area contributed by atoms with Crippen LogP contribution >= 0.6 is 0 Å². The van der Waals surface area contributed by atoms with Gasteiger partial charge in [-0.3, -0.25) is 14.7 Å². The van der Waals surface area contributed by atoms with E-state index in [1.54, 1.807) is 6.08 Å². The van der Waals surface area contributed by atoms with Crippen molar-refractivity contribution in [2.45, 2.75) is 32.6 Å². The van der Waals surface area contributed by atoms with Crippen LogP contribution in [0.2, 0.25) is 0 Å². The molecule has 0 N–H and O–H groups in total. The minimum absolute atomic E-state index is 0.143. The Morgan fingerprint density at radius 3 is 2.87 bits per heavy atom. The molecule has 31 heavy (non-hydrogen) atoms. The molecule has 1 aliphatic carbocycles. The molecule has 3 rings (SSSR count). The SMILES string of the molecule is C=C/C=C(/CN1CN(CCN=C)C2=C(CN(CC3=CCCCC=C3)CC2)C1=O)C(=C)C. The van der Waals surface area contributed by atoms with Crippen molar-refractivity contribution < 1.29 is 4.79 Å². The Bertz CT molecular complexity index is 845. The predicted octanol–water partition coefficient (Wildman–Crippen LogP) is 4.10. The first kappa shape index (κ1) is 23.0. The topological polar surface area (TPSA) is 39.1 Å². The van der Waals surface area contributed by atoms with E-state index in [2.05, 4.69) is 52.9 Å². The first-order chi connectivity index (χ1) is 15.0. The second-order valence-corrected chi connectivity index (χ2v) is 8.56. The lowest BCUT2D eigenvalue weighted by atomic mass is 9.99. The Balaban J connectivity index is 1.80. The van der Waals surface area contributed by atoms with E-state index in [1.165, 1.54) is 17.7 Å². The first-order valence-electron chi connectivity index (χ1n) is 11.3. The summed E-state index contributed by atoms with van der Waals surface area (Å²) >= 11 is 0. The molecule has 0 bridgehead atoms. The van der Waals surface area contributed by atoms with Gasteiger partial charge in [-0.2, -0.15) is 0 Å². The smallest absolute Gasteiger partial charge is 0.254 e. The van der Waals surface area contributed by atoms with Gasteiger partial charge in [-0.15, -0.1) is 0 Å². The summed E-state index contributed by atoms with van der Waals surface area (Å²) in [4.78, 5) is 24.2. The van der Waals surface area contributed by atoms with Crippen molar-refractivity contribution in [2.24, 2.45) is 4.99 Å². The zero-order valence-corrected chi connectivity index (χ0v) is 19.0. The number of allylic oxidation sites excluding steroid dienone is 4. The van der Waals surface area contributed by atoms with Crippen molar-refractivity contribution in [1.82, 2.24) is 14.7 Å². The molecule has 0 aromatic heterocycles. The average molecular weight is 421 g/mol. The highest BCUT2D eigenvalue weighted by Gasteiger charge is 2.35. The van der Waals surface area contributed by atoms with E-state index in [4.69, 9.17) is 0 Å². The molecule has 0 saturated carbocycles. The second-order valence-electron chi connectivity index (χ2n) is 8.56. The van der Waals surface area contributed by atoms with Gasteiger partial charge in [0.15, 0.2) is 0 Å². The summed E-state index contributed by atoms with van der Waals surface area (Å²) in [5.41, 5.74) is 5.49. The predicted molar refractivity (Wildman–Crippen MR) is 130 cm³/mol. The van der Waals surface area contributed by atoms with Crippen LogP contribution in [0, 0.1) is 0 Å². The Morgan fingerprint density at radius 2 is 2.13 bits per heavy atom. The zero-order valence-electron chi connectivity index (χ0n) is 19.0. The lowest BCUT2D eigenvalue weighted by Crippen LogP contribution is -2.52. The van der Waals surface area contributed by atoms with Gasteiger partial charge in [-0.05, 0) is 44.0 Å². The van der Waals surface area contributed by atoms with Crippen molar-refractivity contribution in [3.05, 3.63) is 71.5 Å². The summed E-state index contributed by atoms with van der Waals surface area (Å²) in [6.45, 7) is 18.7. The minimum Gasteiger partial charge on any atom is -0.355 e. The zero-order chi connectivity index (χ0) is 22.2. The molecule has 166 valence electrons. The summed E-state index contributed by atoms with van der Waals surface area (Å²) in [6.07, 6.45) is 15.0. The van der Waals surface area contributed by atoms with Gasteiger partial charge in [0.2, 0.25) is 0 Å². The van der Waals surface area contributed by atoms with Crippen molar-refractivity contribution in [2.75, 3.05) is 45.9 Å². The van der Waals surface area contributed by atoms with Crippen LogP contribution in [0.5, 0.6) is 0 Å². The normalized spacial score (nSPS) is 20.4. The molecule has 2 heterocycles. The summed E-state index contributed by atoms with van der Waals surface area (Å²) in [7, 11) is 0. The molecule has 0 saturated heterocycles. The largest absolute Gasteiger partial charge is 0.355 e. The monoisotopic (exact) mass is 420 g/mol. The van der Waals surface area contributed by atoms with Crippen molar-refractivity contribution in [3.63, 3.8) is 0 Å². The fraction of sp³-hybridized carbons (Fsp3) is 0.462. The molecular weight excluding hydrogens is 384 g/mol. The van der Waals surface area contributed by atoms with Crippen LogP contribution in [0.3, 0.4) is 0 Å². The number of rotatable bonds is 9. The Morgan fingerprint density at radius 1 is 1.29 bits per heavy atom. The van der Waals surface area contributed by atoms with E-state index >= 15 is 0 Å². The molecular formula is C26H36N4O. The summed E-state index contributed by atoms with van der Waals surface area (Å²) in [6, 6.07) is 0. The molecule has 2 aliphatic heterocycles. The first-order valence-corrected chi connectivity index (χ1v) is 11.3. The van der Waals surface area contributed by atoms with E-state index in [9.17, 15) is 4.79 Å². The van der Waals surface area contributed by atoms with Crippen molar-refractivity contribution >= 4 is 12.6 Å². The van der Waals surface area contributed by atoms with Gasteiger partial charge >= 0.3 is 0 Å². The molecule has 0 unspecified atom stereocenters. The maximum atomic E-state index is 13.5. The Labute approximate surface area is 187 Å². The summed E-state index contributed by atoms with van der Waals surface area (Å²) < 4.78 is 0. The standard InChI is InChI=1S/C26H36N4O/c1-5-10-23(21(2)3)18-30-20-29(16-14-27-4)25-13-15-28(19-24(25)26(30)31)17-22-11-8-6-7-9-12-22/h5,8,10-12H,1-2,4,6-7,9,13-20H2,3H3/b23-10-. The third-order valence-corrected chi connectivity index (χ3v) is 6.14. The van der Waals surface area contributed by atoms with Gasteiger partial charge < -0.3 is 9.80 Å². The van der Waals surface area contributed by atoms with Gasteiger partial charge in [-0.1, -0.05) is 49.1 Å². The van der Waals surface area contributed by atoms with Crippen molar-refractivity contribution in [1.29, 1.82) is 0 Å². The molecule has 1 amide bonds. The van der Waals surface area contributed by atoms with Crippen LogP contribution in [0.25, 0.3) is 0 Å². The van der Waals surface area contributed by atoms with Crippen LogP contribution in [-0.4, -0.2) is 73.3 Å². The van der Waals surface area contributed by atoms with E-state index in [-0.39, 0.29) is 5.91 Å². The lowest BCUT2D eigenvalue weighted by Gasteiger charge is -2.44. The van der Waals surface area contributed by atoms with Gasteiger partial charge in [0, 0.05) is 44.8 Å². The van der Waals surface area contributed by atoms with Crippen LogP contribution in [0.1, 0.15) is 32.6 Å². The lowest BCUT2D eigenvalue weighted by molar-refractivity contribution is -0.130. The molecule has 0 atom stereocenters. The van der Waals surface area contributed by atoms with Crippen LogP contribution < -0.4 is 0 Å². The maximum Gasteiger partial charge on any atom is 0.254 e. The van der Waals surface area contributed by atoms with E-state index < -0.39 is 0 Å². The number of carbonyl (C=O) groups is 1. The number of hydrogen-bond acceptors (Lipinski definition) is 4. The Kier molecular flexibility index (Phi) is 8.24. The fourth-order valence-corrected chi connectivity index (χ4v) is 4.43. The van der Waals surface area contributed by atoms with E-state index in [1.807, 2.05) is 17.9 Å². The van der Waals surface area contributed by atoms with Crippen LogP contribution in [-0.2, 0) is 4.79 Å². The molecule has 0 spiro atoms. The molecule has 0 radical (unpaired) electrons. The summed E-state index contributed by atoms with van der Waals surface area (Å²) in [5, 5.41) is 0.